The SMILES string of the molecule is Cc1ccc(C(=O)NC[C@H](C)C(=O)OC(C)C)c(F)c1. The minimum Gasteiger partial charge on any atom is -0.463 e. The predicted molar refractivity (Wildman–Crippen MR) is 73.9 cm³/mol. The van der Waals surface area contributed by atoms with Crippen LogP contribution in [0.2, 0.25) is 0 Å². The molecule has 1 aromatic rings. The number of benzene rings is 1. The molecule has 110 valence electrons. The van der Waals surface area contributed by atoms with Gasteiger partial charge in [-0.1, -0.05) is 13.0 Å². The molecule has 0 aliphatic carbocycles. The van der Waals surface area contributed by atoms with Crippen LogP contribution in [-0.4, -0.2) is 24.5 Å². The monoisotopic (exact) mass is 281 g/mol. The van der Waals surface area contributed by atoms with Crippen molar-refractivity contribution >= 4 is 11.9 Å². The predicted octanol–water partition coefficient (Wildman–Crippen LogP) is 2.45. The van der Waals surface area contributed by atoms with E-state index in [1.165, 1.54) is 12.1 Å². The number of aryl methyl sites for hydroxylation is 1. The number of esters is 1. The first-order valence-electron chi connectivity index (χ1n) is 6.56. The average molecular weight is 281 g/mol. The molecule has 0 saturated heterocycles. The average Bonchev–Trinajstić information content (AvgIpc) is 2.34. The molecule has 0 aliphatic rings. The molecule has 0 aromatic heterocycles. The highest BCUT2D eigenvalue weighted by Crippen LogP contribution is 2.10. The van der Waals surface area contributed by atoms with Crippen LogP contribution >= 0.6 is 0 Å². The van der Waals surface area contributed by atoms with Crippen LogP contribution < -0.4 is 5.32 Å². The number of hydrogen-bond acceptors (Lipinski definition) is 3. The van der Waals surface area contributed by atoms with Crippen molar-refractivity contribution in [3.8, 4) is 0 Å². The van der Waals surface area contributed by atoms with Crippen molar-refractivity contribution in [1.82, 2.24) is 5.32 Å². The number of amides is 1. The van der Waals surface area contributed by atoms with Crippen molar-refractivity contribution in [3.05, 3.63) is 35.1 Å². The highest BCUT2D eigenvalue weighted by molar-refractivity contribution is 5.94. The van der Waals surface area contributed by atoms with Crippen LogP contribution in [0, 0.1) is 18.7 Å². The summed E-state index contributed by atoms with van der Waals surface area (Å²) in [6.07, 6.45) is -0.199. The van der Waals surface area contributed by atoms with Crippen LogP contribution in [0.25, 0.3) is 0 Å². The third-order valence-corrected chi connectivity index (χ3v) is 2.69. The Balaban J connectivity index is 2.57. The van der Waals surface area contributed by atoms with Crippen LogP contribution in [0.4, 0.5) is 4.39 Å². The van der Waals surface area contributed by atoms with Crippen LogP contribution in [0.1, 0.15) is 36.7 Å². The maximum Gasteiger partial charge on any atom is 0.310 e. The normalized spacial score (nSPS) is 12.1. The Bertz CT molecular complexity index is 500. The Kier molecular flexibility index (Phi) is 5.67. The molecular formula is C15H20FNO3. The summed E-state index contributed by atoms with van der Waals surface area (Å²) in [6.45, 7) is 7.01. The first-order valence-corrected chi connectivity index (χ1v) is 6.56. The molecule has 0 heterocycles. The molecule has 0 unspecified atom stereocenters. The fourth-order valence-corrected chi connectivity index (χ4v) is 1.58. The fourth-order valence-electron chi connectivity index (χ4n) is 1.58. The molecule has 0 saturated carbocycles. The minimum atomic E-state index is -0.570. The van der Waals surface area contributed by atoms with E-state index < -0.39 is 17.6 Å². The Morgan fingerprint density at radius 1 is 1.30 bits per heavy atom. The van der Waals surface area contributed by atoms with Crippen molar-refractivity contribution < 1.29 is 18.7 Å². The van der Waals surface area contributed by atoms with Crippen molar-refractivity contribution in [2.45, 2.75) is 33.8 Å². The molecule has 1 amide bonds. The smallest absolute Gasteiger partial charge is 0.310 e. The Morgan fingerprint density at radius 3 is 2.50 bits per heavy atom. The van der Waals surface area contributed by atoms with E-state index in [0.29, 0.717) is 0 Å². The molecule has 0 aliphatic heterocycles. The summed E-state index contributed by atoms with van der Waals surface area (Å²) in [6, 6.07) is 4.39. The van der Waals surface area contributed by atoms with E-state index in [1.54, 1.807) is 33.8 Å². The highest BCUT2D eigenvalue weighted by atomic mass is 19.1. The van der Waals surface area contributed by atoms with Gasteiger partial charge in [-0.25, -0.2) is 4.39 Å². The number of nitrogens with one attached hydrogen (secondary N) is 1. The fraction of sp³-hybridized carbons (Fsp3) is 0.467. The summed E-state index contributed by atoms with van der Waals surface area (Å²) in [4.78, 5) is 23.4. The zero-order valence-electron chi connectivity index (χ0n) is 12.2. The van der Waals surface area contributed by atoms with Gasteiger partial charge in [0.25, 0.3) is 5.91 Å². The van der Waals surface area contributed by atoms with Crippen molar-refractivity contribution in [2.75, 3.05) is 6.54 Å². The second kappa shape index (κ2) is 7.03. The molecule has 0 fully saturated rings. The van der Waals surface area contributed by atoms with Gasteiger partial charge in [-0.15, -0.1) is 0 Å². The van der Waals surface area contributed by atoms with E-state index >= 15 is 0 Å². The summed E-state index contributed by atoms with van der Waals surface area (Å²) in [5.74, 6) is -1.97. The lowest BCUT2D eigenvalue weighted by molar-refractivity contribution is -0.151. The van der Waals surface area contributed by atoms with Crippen LogP contribution in [-0.2, 0) is 9.53 Å². The first-order chi connectivity index (χ1) is 9.31. The van der Waals surface area contributed by atoms with E-state index in [0.717, 1.165) is 5.56 Å². The lowest BCUT2D eigenvalue weighted by Gasteiger charge is -2.14. The summed E-state index contributed by atoms with van der Waals surface area (Å²) >= 11 is 0. The Labute approximate surface area is 118 Å². The molecular weight excluding hydrogens is 261 g/mol. The largest absolute Gasteiger partial charge is 0.463 e. The lowest BCUT2D eigenvalue weighted by atomic mass is 10.1. The van der Waals surface area contributed by atoms with Gasteiger partial charge in [0.15, 0.2) is 0 Å². The maximum atomic E-state index is 13.6. The van der Waals surface area contributed by atoms with Gasteiger partial charge in [0.1, 0.15) is 5.82 Å². The van der Waals surface area contributed by atoms with Gasteiger partial charge in [0.05, 0.1) is 17.6 Å². The van der Waals surface area contributed by atoms with Gasteiger partial charge in [-0.05, 0) is 38.5 Å². The first kappa shape index (κ1) is 16.1. The van der Waals surface area contributed by atoms with E-state index in [9.17, 15) is 14.0 Å². The number of ether oxygens (including phenoxy) is 1. The Hall–Kier alpha value is -1.91. The number of carbonyl (C=O) groups is 2. The third kappa shape index (κ3) is 4.64. The molecule has 1 aromatic carbocycles. The molecule has 1 N–H and O–H groups in total. The summed E-state index contributed by atoms with van der Waals surface area (Å²) < 4.78 is 18.6. The number of carbonyl (C=O) groups excluding carboxylic acids is 2. The van der Waals surface area contributed by atoms with Crippen LogP contribution in [0.5, 0.6) is 0 Å². The number of rotatable bonds is 5. The Morgan fingerprint density at radius 2 is 1.95 bits per heavy atom. The zero-order chi connectivity index (χ0) is 15.3. The molecule has 1 rings (SSSR count). The highest BCUT2D eigenvalue weighted by Gasteiger charge is 2.18. The summed E-state index contributed by atoms with van der Waals surface area (Å²) in [5, 5.41) is 2.53. The quantitative estimate of drug-likeness (QED) is 0.843. The molecule has 4 nitrogen and oxygen atoms in total. The standard InChI is InChI=1S/C15H20FNO3/c1-9(2)20-15(19)11(4)8-17-14(18)12-6-5-10(3)7-13(12)16/h5-7,9,11H,8H2,1-4H3,(H,17,18)/t11-/m0/s1. The third-order valence-electron chi connectivity index (χ3n) is 2.69. The second-order valence-corrected chi connectivity index (χ2v) is 5.08. The summed E-state index contributed by atoms with van der Waals surface area (Å²) in [5.41, 5.74) is 0.716. The zero-order valence-corrected chi connectivity index (χ0v) is 12.2. The van der Waals surface area contributed by atoms with Crippen molar-refractivity contribution in [3.63, 3.8) is 0 Å². The van der Waals surface area contributed by atoms with Crippen LogP contribution in [0.15, 0.2) is 18.2 Å². The molecule has 1 atom stereocenters. The minimum absolute atomic E-state index is 0.0278. The molecule has 20 heavy (non-hydrogen) atoms. The number of hydrogen-bond donors (Lipinski definition) is 1. The molecule has 0 spiro atoms. The van der Waals surface area contributed by atoms with Gasteiger partial charge in [-0.3, -0.25) is 9.59 Å². The topological polar surface area (TPSA) is 55.4 Å². The van der Waals surface area contributed by atoms with Crippen molar-refractivity contribution in [2.24, 2.45) is 5.92 Å². The van der Waals surface area contributed by atoms with Crippen LogP contribution in [0.3, 0.4) is 0 Å². The van der Waals surface area contributed by atoms with Crippen molar-refractivity contribution in [1.29, 1.82) is 0 Å². The van der Waals surface area contributed by atoms with E-state index in [2.05, 4.69) is 5.32 Å². The summed E-state index contributed by atoms with van der Waals surface area (Å²) in [7, 11) is 0. The second-order valence-electron chi connectivity index (χ2n) is 5.08. The van der Waals surface area contributed by atoms with E-state index in [4.69, 9.17) is 4.74 Å². The van der Waals surface area contributed by atoms with E-state index in [1.807, 2.05) is 0 Å². The van der Waals surface area contributed by atoms with Gasteiger partial charge in [0.2, 0.25) is 0 Å². The lowest BCUT2D eigenvalue weighted by Crippen LogP contribution is -2.33. The molecule has 5 heteroatoms. The molecule has 0 radical (unpaired) electrons. The van der Waals surface area contributed by atoms with E-state index in [-0.39, 0.29) is 24.2 Å². The maximum absolute atomic E-state index is 13.6. The molecule has 0 bridgehead atoms. The van der Waals surface area contributed by atoms with Gasteiger partial charge in [-0.2, -0.15) is 0 Å². The van der Waals surface area contributed by atoms with Gasteiger partial charge < -0.3 is 10.1 Å². The van der Waals surface area contributed by atoms with Gasteiger partial charge >= 0.3 is 5.97 Å². The number of halogens is 1. The van der Waals surface area contributed by atoms with Gasteiger partial charge in [0, 0.05) is 6.54 Å².